The lowest BCUT2D eigenvalue weighted by molar-refractivity contribution is 0.100. The highest BCUT2D eigenvalue weighted by Crippen LogP contribution is 2.37. The number of hydrogen-bond donors (Lipinski definition) is 2. The van der Waals surface area contributed by atoms with Gasteiger partial charge in [0.1, 0.15) is 0 Å². The molecule has 1 aliphatic rings. The van der Waals surface area contributed by atoms with Crippen molar-refractivity contribution in [1.29, 1.82) is 0 Å². The Bertz CT molecular complexity index is 524. The normalized spacial score (nSPS) is 22.0. The van der Waals surface area contributed by atoms with Crippen LogP contribution in [-0.4, -0.2) is 19.0 Å². The Morgan fingerprint density at radius 1 is 1.33 bits per heavy atom. The summed E-state index contributed by atoms with van der Waals surface area (Å²) in [5, 5.41) is 0.490. The van der Waals surface area contributed by atoms with Gasteiger partial charge in [0, 0.05) is 18.8 Å². The van der Waals surface area contributed by atoms with Gasteiger partial charge < -0.3 is 16.4 Å². The summed E-state index contributed by atoms with van der Waals surface area (Å²) in [5.41, 5.74) is 12.8. The molecular formula is C16H24ClN3O. The Labute approximate surface area is 131 Å². The zero-order valence-electron chi connectivity index (χ0n) is 12.7. The maximum atomic E-state index is 11.7. The van der Waals surface area contributed by atoms with E-state index in [0.29, 0.717) is 28.0 Å². The van der Waals surface area contributed by atoms with Gasteiger partial charge in [-0.1, -0.05) is 24.9 Å². The van der Waals surface area contributed by atoms with Crippen molar-refractivity contribution in [2.75, 3.05) is 17.7 Å². The number of hydrogen-bond acceptors (Lipinski definition) is 3. The summed E-state index contributed by atoms with van der Waals surface area (Å²) in [4.78, 5) is 13.8. The van der Waals surface area contributed by atoms with Gasteiger partial charge >= 0.3 is 0 Å². The summed E-state index contributed by atoms with van der Waals surface area (Å²) in [6, 6.07) is 3.68. The van der Waals surface area contributed by atoms with Gasteiger partial charge in [0.25, 0.3) is 5.91 Å². The van der Waals surface area contributed by atoms with Crippen molar-refractivity contribution in [3.8, 4) is 0 Å². The van der Waals surface area contributed by atoms with Crippen molar-refractivity contribution in [3.05, 3.63) is 22.7 Å². The average molecular weight is 310 g/mol. The van der Waals surface area contributed by atoms with Crippen LogP contribution in [0.1, 0.15) is 49.4 Å². The molecule has 0 bridgehead atoms. The van der Waals surface area contributed by atoms with Gasteiger partial charge in [-0.25, -0.2) is 0 Å². The summed E-state index contributed by atoms with van der Waals surface area (Å²) >= 11 is 6.32. The third-order valence-corrected chi connectivity index (χ3v) is 4.93. The van der Waals surface area contributed by atoms with Crippen LogP contribution in [0.3, 0.4) is 0 Å². The summed E-state index contributed by atoms with van der Waals surface area (Å²) in [6.45, 7) is 2.25. The summed E-state index contributed by atoms with van der Waals surface area (Å²) in [7, 11) is 1.99. The van der Waals surface area contributed by atoms with Crippen LogP contribution in [0, 0.1) is 5.92 Å². The molecule has 0 spiro atoms. The Morgan fingerprint density at radius 3 is 2.48 bits per heavy atom. The Kier molecular flexibility index (Phi) is 4.99. The quantitative estimate of drug-likeness (QED) is 0.837. The van der Waals surface area contributed by atoms with Crippen molar-refractivity contribution < 1.29 is 4.79 Å². The first-order valence-electron chi connectivity index (χ1n) is 7.55. The molecule has 0 aliphatic heterocycles. The standard InChI is InChI=1S/C16H24ClN3O/c1-3-10-4-6-12(7-5-10)20(2)15-13(16(19)21)8-11(18)9-14(15)17/h8-10,12H,3-7,18H2,1-2H3,(H2,19,21). The molecule has 1 aliphatic carbocycles. The van der Waals surface area contributed by atoms with Crippen molar-refractivity contribution in [1.82, 2.24) is 0 Å². The number of halogens is 1. The molecule has 0 aromatic heterocycles. The predicted molar refractivity (Wildman–Crippen MR) is 88.8 cm³/mol. The van der Waals surface area contributed by atoms with E-state index in [0.717, 1.165) is 18.8 Å². The molecule has 4 nitrogen and oxygen atoms in total. The number of rotatable bonds is 4. The fourth-order valence-electron chi connectivity index (χ4n) is 3.29. The van der Waals surface area contributed by atoms with E-state index in [1.165, 1.54) is 19.3 Å². The lowest BCUT2D eigenvalue weighted by atomic mass is 9.84. The molecule has 116 valence electrons. The number of primary amides is 1. The first-order valence-corrected chi connectivity index (χ1v) is 7.93. The fourth-order valence-corrected chi connectivity index (χ4v) is 3.65. The van der Waals surface area contributed by atoms with E-state index in [4.69, 9.17) is 23.1 Å². The largest absolute Gasteiger partial charge is 0.399 e. The molecule has 5 heteroatoms. The van der Waals surface area contributed by atoms with Crippen LogP contribution >= 0.6 is 11.6 Å². The molecule has 21 heavy (non-hydrogen) atoms. The number of nitrogens with two attached hydrogens (primary N) is 2. The van der Waals surface area contributed by atoms with Crippen LogP contribution in [0.2, 0.25) is 5.02 Å². The molecule has 0 unspecified atom stereocenters. The van der Waals surface area contributed by atoms with Gasteiger partial charge in [-0.2, -0.15) is 0 Å². The summed E-state index contributed by atoms with van der Waals surface area (Å²) < 4.78 is 0. The van der Waals surface area contributed by atoms with Crippen molar-refractivity contribution in [2.24, 2.45) is 11.7 Å². The molecule has 4 N–H and O–H groups in total. The third-order valence-electron chi connectivity index (χ3n) is 4.65. The number of anilines is 2. The number of carbonyl (C=O) groups excluding carboxylic acids is 1. The molecule has 1 aromatic rings. The first-order chi connectivity index (χ1) is 9.93. The van der Waals surface area contributed by atoms with Crippen molar-refractivity contribution in [3.63, 3.8) is 0 Å². The number of benzene rings is 1. The van der Waals surface area contributed by atoms with Crippen LogP contribution in [0.25, 0.3) is 0 Å². The van der Waals surface area contributed by atoms with Crippen LogP contribution < -0.4 is 16.4 Å². The number of nitrogens with zero attached hydrogens (tertiary/aromatic N) is 1. The molecule has 1 fully saturated rings. The van der Waals surface area contributed by atoms with E-state index in [2.05, 4.69) is 11.8 Å². The highest BCUT2D eigenvalue weighted by Gasteiger charge is 2.26. The first kappa shape index (κ1) is 16.0. The maximum Gasteiger partial charge on any atom is 0.250 e. The molecule has 1 saturated carbocycles. The van der Waals surface area contributed by atoms with Gasteiger partial charge in [-0.05, 0) is 43.7 Å². The third kappa shape index (κ3) is 3.43. The lowest BCUT2D eigenvalue weighted by Crippen LogP contribution is -2.36. The Balaban J connectivity index is 2.27. The van der Waals surface area contributed by atoms with Crippen molar-refractivity contribution >= 4 is 28.9 Å². The molecule has 1 amide bonds. The van der Waals surface area contributed by atoms with Gasteiger partial charge in [0.15, 0.2) is 0 Å². The Morgan fingerprint density at radius 2 is 1.95 bits per heavy atom. The maximum absolute atomic E-state index is 11.7. The smallest absolute Gasteiger partial charge is 0.250 e. The highest BCUT2D eigenvalue weighted by molar-refractivity contribution is 6.34. The van der Waals surface area contributed by atoms with Gasteiger partial charge in [0.05, 0.1) is 16.3 Å². The minimum absolute atomic E-state index is 0.395. The molecular weight excluding hydrogens is 286 g/mol. The van der Waals surface area contributed by atoms with Crippen molar-refractivity contribution in [2.45, 2.75) is 45.1 Å². The Hall–Kier alpha value is -1.42. The minimum Gasteiger partial charge on any atom is -0.399 e. The van der Waals surface area contributed by atoms with Gasteiger partial charge in [0.2, 0.25) is 0 Å². The van der Waals surface area contributed by atoms with E-state index in [1.807, 2.05) is 7.05 Å². The molecule has 0 atom stereocenters. The number of amides is 1. The fraction of sp³-hybridized carbons (Fsp3) is 0.562. The molecule has 1 aromatic carbocycles. The predicted octanol–water partition coefficient (Wildman–Crippen LogP) is 3.43. The zero-order chi connectivity index (χ0) is 15.6. The molecule has 0 heterocycles. The molecule has 0 radical (unpaired) electrons. The molecule has 0 saturated heterocycles. The van der Waals surface area contributed by atoms with E-state index in [9.17, 15) is 4.79 Å². The number of nitrogen functional groups attached to an aromatic ring is 1. The highest BCUT2D eigenvalue weighted by atomic mass is 35.5. The summed E-state index contributed by atoms with van der Waals surface area (Å²) in [5.74, 6) is 0.334. The van der Waals surface area contributed by atoms with Gasteiger partial charge in [-0.3, -0.25) is 4.79 Å². The monoisotopic (exact) mass is 309 g/mol. The second-order valence-corrected chi connectivity index (χ2v) is 6.36. The zero-order valence-corrected chi connectivity index (χ0v) is 13.5. The van der Waals surface area contributed by atoms with E-state index < -0.39 is 5.91 Å². The van der Waals surface area contributed by atoms with Crippen LogP contribution in [0.4, 0.5) is 11.4 Å². The SMILES string of the molecule is CCC1CCC(N(C)c2c(Cl)cc(N)cc2C(N)=O)CC1. The lowest BCUT2D eigenvalue weighted by Gasteiger charge is -2.37. The van der Waals surface area contributed by atoms with E-state index in [-0.39, 0.29) is 0 Å². The second kappa shape index (κ2) is 6.56. The van der Waals surface area contributed by atoms with E-state index in [1.54, 1.807) is 12.1 Å². The molecule has 2 rings (SSSR count). The topological polar surface area (TPSA) is 72.3 Å². The van der Waals surface area contributed by atoms with E-state index >= 15 is 0 Å². The van der Waals surface area contributed by atoms with Crippen LogP contribution in [-0.2, 0) is 0 Å². The van der Waals surface area contributed by atoms with Crippen LogP contribution in [0.15, 0.2) is 12.1 Å². The average Bonchev–Trinajstić information content (AvgIpc) is 2.46. The minimum atomic E-state index is -0.492. The number of carbonyl (C=O) groups is 1. The summed E-state index contributed by atoms with van der Waals surface area (Å²) in [6.07, 6.45) is 5.93. The van der Waals surface area contributed by atoms with Gasteiger partial charge in [-0.15, -0.1) is 0 Å². The second-order valence-electron chi connectivity index (χ2n) is 5.96. The van der Waals surface area contributed by atoms with Crippen LogP contribution in [0.5, 0.6) is 0 Å².